The Kier molecular flexibility index (Phi) is 4.78. The van der Waals surface area contributed by atoms with Crippen LogP contribution in [-0.2, 0) is 35.6 Å². The van der Waals surface area contributed by atoms with Crippen LogP contribution in [0.2, 0.25) is 0 Å². The Hall–Kier alpha value is -3.19. The topological polar surface area (TPSA) is 95.7 Å². The van der Waals surface area contributed by atoms with E-state index in [-0.39, 0.29) is 24.1 Å². The van der Waals surface area contributed by atoms with Gasteiger partial charge in [-0.2, -0.15) is 0 Å². The Bertz CT molecular complexity index is 1100. The summed E-state index contributed by atoms with van der Waals surface area (Å²) in [5, 5.41) is 2.35. The fourth-order valence-electron chi connectivity index (χ4n) is 5.15. The van der Waals surface area contributed by atoms with Gasteiger partial charge in [0.1, 0.15) is 6.04 Å². The van der Waals surface area contributed by atoms with Crippen molar-refractivity contribution in [1.82, 2.24) is 10.2 Å². The molecule has 160 valence electrons. The zero-order chi connectivity index (χ0) is 21.7. The van der Waals surface area contributed by atoms with Gasteiger partial charge in [0.2, 0.25) is 11.8 Å². The van der Waals surface area contributed by atoms with Crippen LogP contribution in [0.15, 0.2) is 36.4 Å². The predicted octanol–water partition coefficient (Wildman–Crippen LogP) is 1.86. The van der Waals surface area contributed by atoms with E-state index >= 15 is 0 Å². The van der Waals surface area contributed by atoms with E-state index in [2.05, 4.69) is 41.4 Å². The van der Waals surface area contributed by atoms with E-state index in [1.165, 1.54) is 11.3 Å². The summed E-state index contributed by atoms with van der Waals surface area (Å²) in [5.74, 6) is -0.791. The first-order valence-corrected chi connectivity index (χ1v) is 10.8. The van der Waals surface area contributed by atoms with Crippen molar-refractivity contribution in [2.24, 2.45) is 5.73 Å². The average Bonchev–Trinajstić information content (AvgIpc) is 3.24. The molecule has 0 aliphatic carbocycles. The number of imide groups is 1. The molecule has 3 aliphatic heterocycles. The van der Waals surface area contributed by atoms with Crippen molar-refractivity contribution >= 4 is 23.4 Å². The largest absolute Gasteiger partial charge is 0.364 e. The Morgan fingerprint density at radius 1 is 1.13 bits per heavy atom. The van der Waals surface area contributed by atoms with E-state index in [4.69, 9.17) is 5.73 Å². The van der Waals surface area contributed by atoms with Gasteiger partial charge in [-0.3, -0.25) is 19.7 Å². The van der Waals surface area contributed by atoms with E-state index < -0.39 is 6.04 Å². The van der Waals surface area contributed by atoms with E-state index in [0.717, 1.165) is 29.7 Å². The molecule has 7 nitrogen and oxygen atoms in total. The Labute approximate surface area is 181 Å². The molecule has 0 bridgehead atoms. The van der Waals surface area contributed by atoms with E-state index in [0.29, 0.717) is 31.1 Å². The monoisotopic (exact) mass is 418 g/mol. The lowest BCUT2D eigenvalue weighted by Gasteiger charge is -2.29. The number of fused-ring (bicyclic) bond motifs is 2. The van der Waals surface area contributed by atoms with Crippen LogP contribution in [0.5, 0.6) is 0 Å². The van der Waals surface area contributed by atoms with Crippen LogP contribution in [0.1, 0.15) is 52.4 Å². The maximum atomic E-state index is 12.9. The molecule has 2 aromatic carbocycles. The number of nitrogens with one attached hydrogen (secondary N) is 1. The standard InChI is InChI=1S/C24H26N4O3/c1-14-9-16-3-2-4-17(11-25)22(16)27(14)12-15-5-6-19-18(10-15)13-28(24(19)31)20-7-8-21(29)26-23(20)30/h2-6,10,14,20H,7-9,11-13,25H2,1H3,(H,26,29,30). The van der Waals surface area contributed by atoms with Crippen molar-refractivity contribution in [1.29, 1.82) is 0 Å². The summed E-state index contributed by atoms with van der Waals surface area (Å²) >= 11 is 0. The number of amides is 3. The SMILES string of the molecule is CC1Cc2cccc(CN)c2N1Cc1ccc2c(c1)CN(C1CCC(=O)NC1=O)C2=O. The summed E-state index contributed by atoms with van der Waals surface area (Å²) in [6.07, 6.45) is 1.63. The van der Waals surface area contributed by atoms with E-state index in [9.17, 15) is 14.4 Å². The zero-order valence-electron chi connectivity index (χ0n) is 17.6. The number of hydrogen-bond acceptors (Lipinski definition) is 5. The number of para-hydroxylation sites is 1. The quantitative estimate of drug-likeness (QED) is 0.739. The summed E-state index contributed by atoms with van der Waals surface area (Å²) < 4.78 is 0. The number of piperidine rings is 1. The highest BCUT2D eigenvalue weighted by Crippen LogP contribution is 2.37. The van der Waals surface area contributed by atoms with Gasteiger partial charge >= 0.3 is 0 Å². The van der Waals surface area contributed by atoms with Crippen LogP contribution in [0.25, 0.3) is 0 Å². The molecule has 0 saturated carbocycles. The summed E-state index contributed by atoms with van der Waals surface area (Å²) in [6, 6.07) is 12.1. The van der Waals surface area contributed by atoms with Gasteiger partial charge in [0, 0.05) is 43.3 Å². The molecule has 0 aromatic heterocycles. The van der Waals surface area contributed by atoms with Crippen LogP contribution in [0, 0.1) is 0 Å². The second-order valence-corrected chi connectivity index (χ2v) is 8.70. The summed E-state index contributed by atoms with van der Waals surface area (Å²) in [6.45, 7) is 3.87. The normalized spacial score (nSPS) is 22.6. The molecular weight excluding hydrogens is 392 g/mol. The molecule has 3 aliphatic rings. The van der Waals surface area contributed by atoms with Crippen LogP contribution in [0.3, 0.4) is 0 Å². The van der Waals surface area contributed by atoms with Crippen LogP contribution >= 0.6 is 0 Å². The smallest absolute Gasteiger partial charge is 0.255 e. The molecule has 0 spiro atoms. The molecule has 1 fully saturated rings. The summed E-state index contributed by atoms with van der Waals surface area (Å²) in [4.78, 5) is 40.6. The van der Waals surface area contributed by atoms with Gasteiger partial charge in [-0.25, -0.2) is 0 Å². The molecule has 7 heteroatoms. The van der Waals surface area contributed by atoms with Crippen molar-refractivity contribution in [3.8, 4) is 0 Å². The Morgan fingerprint density at radius 2 is 1.97 bits per heavy atom. The number of hydrogen-bond donors (Lipinski definition) is 2. The number of benzene rings is 2. The fraction of sp³-hybridized carbons (Fsp3) is 0.375. The van der Waals surface area contributed by atoms with Crippen molar-refractivity contribution < 1.29 is 14.4 Å². The highest BCUT2D eigenvalue weighted by Gasteiger charge is 2.39. The third-order valence-corrected chi connectivity index (χ3v) is 6.70. The zero-order valence-corrected chi connectivity index (χ0v) is 17.6. The first-order valence-electron chi connectivity index (χ1n) is 10.8. The third-order valence-electron chi connectivity index (χ3n) is 6.70. The number of nitrogens with zero attached hydrogens (tertiary/aromatic N) is 2. The van der Waals surface area contributed by atoms with E-state index in [1.54, 1.807) is 4.90 Å². The highest BCUT2D eigenvalue weighted by molar-refractivity contribution is 6.05. The van der Waals surface area contributed by atoms with Crippen molar-refractivity contribution in [2.75, 3.05) is 4.90 Å². The first-order chi connectivity index (χ1) is 15.0. The highest BCUT2D eigenvalue weighted by atomic mass is 16.2. The van der Waals surface area contributed by atoms with Gasteiger partial charge in [-0.05, 0) is 48.1 Å². The number of anilines is 1. The van der Waals surface area contributed by atoms with Crippen LogP contribution < -0.4 is 16.0 Å². The minimum Gasteiger partial charge on any atom is -0.364 e. The number of nitrogens with two attached hydrogens (primary N) is 1. The minimum atomic E-state index is -0.585. The second kappa shape index (κ2) is 7.50. The lowest BCUT2D eigenvalue weighted by atomic mass is 10.0. The van der Waals surface area contributed by atoms with E-state index in [1.807, 2.05) is 12.1 Å². The summed E-state index contributed by atoms with van der Waals surface area (Å²) in [7, 11) is 0. The first kappa shape index (κ1) is 19.8. The molecule has 3 N–H and O–H groups in total. The molecule has 31 heavy (non-hydrogen) atoms. The number of carbonyl (C=O) groups excluding carboxylic acids is 3. The maximum absolute atomic E-state index is 12.9. The number of carbonyl (C=O) groups is 3. The molecule has 2 unspecified atom stereocenters. The average molecular weight is 418 g/mol. The van der Waals surface area contributed by atoms with Crippen LogP contribution in [-0.4, -0.2) is 34.7 Å². The molecule has 5 rings (SSSR count). The Morgan fingerprint density at radius 3 is 2.74 bits per heavy atom. The van der Waals surface area contributed by atoms with Gasteiger partial charge in [-0.15, -0.1) is 0 Å². The summed E-state index contributed by atoms with van der Waals surface area (Å²) in [5.41, 5.74) is 12.4. The van der Waals surface area contributed by atoms with Gasteiger partial charge < -0.3 is 15.5 Å². The van der Waals surface area contributed by atoms with Gasteiger partial charge in [0.15, 0.2) is 0 Å². The minimum absolute atomic E-state index is 0.138. The molecule has 0 radical (unpaired) electrons. The van der Waals surface area contributed by atoms with Gasteiger partial charge in [0.25, 0.3) is 5.91 Å². The molecule has 2 atom stereocenters. The lowest BCUT2D eigenvalue weighted by molar-refractivity contribution is -0.136. The molecule has 3 heterocycles. The van der Waals surface area contributed by atoms with Crippen molar-refractivity contribution in [3.05, 3.63) is 64.2 Å². The van der Waals surface area contributed by atoms with Gasteiger partial charge in [0.05, 0.1) is 0 Å². The van der Waals surface area contributed by atoms with Crippen molar-refractivity contribution in [2.45, 2.75) is 57.9 Å². The van der Waals surface area contributed by atoms with Crippen LogP contribution in [0.4, 0.5) is 5.69 Å². The third kappa shape index (κ3) is 3.29. The Balaban J connectivity index is 1.38. The molecular formula is C24H26N4O3. The molecule has 1 saturated heterocycles. The van der Waals surface area contributed by atoms with Gasteiger partial charge in [-0.1, -0.05) is 30.3 Å². The molecule has 3 amide bonds. The van der Waals surface area contributed by atoms with Crippen molar-refractivity contribution in [3.63, 3.8) is 0 Å². The fourth-order valence-corrected chi connectivity index (χ4v) is 5.15. The lowest BCUT2D eigenvalue weighted by Crippen LogP contribution is -2.52. The maximum Gasteiger partial charge on any atom is 0.255 e. The molecule has 2 aromatic rings. The number of rotatable bonds is 4. The second-order valence-electron chi connectivity index (χ2n) is 8.70. The predicted molar refractivity (Wildman–Crippen MR) is 116 cm³/mol.